The highest BCUT2D eigenvalue weighted by Crippen LogP contribution is 2.32. The van der Waals surface area contributed by atoms with Gasteiger partial charge < -0.3 is 14.8 Å². The first-order chi connectivity index (χ1) is 15.4. The Labute approximate surface area is 187 Å². The number of amides is 3. The maximum Gasteiger partial charge on any atom is 0.270 e. The summed E-state index contributed by atoms with van der Waals surface area (Å²) in [6.07, 6.45) is 2.13. The first-order valence-electron chi connectivity index (χ1n) is 9.43. The lowest BCUT2D eigenvalue weighted by molar-refractivity contribution is -0.384. The smallest absolute Gasteiger partial charge is 0.270 e. The highest BCUT2D eigenvalue weighted by atomic mass is 32.2. The van der Waals surface area contributed by atoms with Crippen molar-refractivity contribution >= 4 is 35.2 Å². The molecule has 0 aliphatic carbocycles. The van der Waals surface area contributed by atoms with Crippen molar-refractivity contribution in [2.45, 2.75) is 12.5 Å². The number of nitrogens with zero attached hydrogens (tertiary/aromatic N) is 1. The molecule has 1 heterocycles. The summed E-state index contributed by atoms with van der Waals surface area (Å²) >= 11 is 1.48. The molecule has 0 saturated carbocycles. The van der Waals surface area contributed by atoms with Crippen molar-refractivity contribution < 1.29 is 28.8 Å². The Kier molecular flexibility index (Phi) is 7.49. The fourth-order valence-corrected chi connectivity index (χ4v) is 3.29. The third kappa shape index (κ3) is 5.66. The summed E-state index contributed by atoms with van der Waals surface area (Å²) in [6, 6.07) is 8.80. The van der Waals surface area contributed by atoms with Crippen molar-refractivity contribution in [3.8, 4) is 11.5 Å². The van der Waals surface area contributed by atoms with Gasteiger partial charge >= 0.3 is 0 Å². The monoisotopic (exact) mass is 460 g/mol. The highest BCUT2D eigenvalue weighted by molar-refractivity contribution is 7.98. The van der Waals surface area contributed by atoms with Crippen LogP contribution in [0.3, 0.4) is 0 Å². The number of hydrazine groups is 1. The second kappa shape index (κ2) is 10.5. The molecule has 3 amide bonds. The number of nitrogens with one attached hydrogen (secondary N) is 3. The van der Waals surface area contributed by atoms with Gasteiger partial charge in [0.1, 0.15) is 6.04 Å². The second-order valence-electron chi connectivity index (χ2n) is 6.63. The Bertz CT molecular complexity index is 1050. The van der Waals surface area contributed by atoms with E-state index in [-0.39, 0.29) is 30.0 Å². The minimum atomic E-state index is -0.966. The quantitative estimate of drug-likeness (QED) is 0.398. The maximum absolute atomic E-state index is 12.6. The van der Waals surface area contributed by atoms with Gasteiger partial charge in [0, 0.05) is 23.3 Å². The number of benzene rings is 2. The van der Waals surface area contributed by atoms with Crippen LogP contribution in [-0.4, -0.2) is 47.5 Å². The van der Waals surface area contributed by atoms with Crippen molar-refractivity contribution in [3.05, 3.63) is 63.7 Å². The van der Waals surface area contributed by atoms with Gasteiger partial charge in [-0.1, -0.05) is 6.07 Å². The van der Waals surface area contributed by atoms with E-state index in [2.05, 4.69) is 16.2 Å². The van der Waals surface area contributed by atoms with Crippen LogP contribution in [0, 0.1) is 10.1 Å². The van der Waals surface area contributed by atoms with E-state index in [1.165, 1.54) is 42.1 Å². The molecule has 0 saturated heterocycles. The van der Waals surface area contributed by atoms with Crippen LogP contribution in [0.4, 0.5) is 5.69 Å². The molecule has 0 spiro atoms. The molecule has 2 aromatic rings. The number of nitro groups is 1. The van der Waals surface area contributed by atoms with Gasteiger partial charge in [0.15, 0.2) is 11.5 Å². The van der Waals surface area contributed by atoms with Gasteiger partial charge in [-0.25, -0.2) is 0 Å². The molecule has 1 aliphatic heterocycles. The zero-order chi connectivity index (χ0) is 23.1. The van der Waals surface area contributed by atoms with Gasteiger partial charge in [-0.3, -0.25) is 35.3 Å². The molecule has 12 heteroatoms. The SMILES string of the molecule is CSCCC(NC(=O)c1cccc([N+](=O)[O-])c1)C(=O)NNC(=O)c1ccc2c(c1)OCO2. The van der Waals surface area contributed by atoms with Crippen LogP contribution in [0.25, 0.3) is 0 Å². The van der Waals surface area contributed by atoms with Gasteiger partial charge in [0.05, 0.1) is 4.92 Å². The fraction of sp³-hybridized carbons (Fsp3) is 0.250. The molecule has 3 rings (SSSR count). The van der Waals surface area contributed by atoms with Gasteiger partial charge in [-0.15, -0.1) is 0 Å². The fourth-order valence-electron chi connectivity index (χ4n) is 2.82. The van der Waals surface area contributed by atoms with Crippen LogP contribution in [0.5, 0.6) is 11.5 Å². The predicted octanol–water partition coefficient (Wildman–Crippen LogP) is 1.64. The summed E-state index contributed by atoms with van der Waals surface area (Å²) in [6.45, 7) is 0.0680. The largest absolute Gasteiger partial charge is 0.454 e. The summed E-state index contributed by atoms with van der Waals surface area (Å²) in [4.78, 5) is 47.8. The van der Waals surface area contributed by atoms with Gasteiger partial charge in [-0.2, -0.15) is 11.8 Å². The molecule has 3 N–H and O–H groups in total. The summed E-state index contributed by atoms with van der Waals surface area (Å²) in [5.74, 6) is -0.351. The lowest BCUT2D eigenvalue weighted by Gasteiger charge is -2.18. The van der Waals surface area contributed by atoms with Crippen LogP contribution in [-0.2, 0) is 4.79 Å². The Balaban J connectivity index is 1.62. The minimum absolute atomic E-state index is 0.0468. The predicted molar refractivity (Wildman–Crippen MR) is 116 cm³/mol. The number of fused-ring (bicyclic) bond motifs is 1. The first-order valence-corrected chi connectivity index (χ1v) is 10.8. The zero-order valence-corrected chi connectivity index (χ0v) is 17.8. The molecule has 0 aromatic heterocycles. The van der Waals surface area contributed by atoms with E-state index in [0.717, 1.165) is 6.07 Å². The van der Waals surface area contributed by atoms with Crippen LogP contribution >= 0.6 is 11.8 Å². The van der Waals surface area contributed by atoms with E-state index >= 15 is 0 Å². The first kappa shape index (κ1) is 22.9. The van der Waals surface area contributed by atoms with Crippen molar-refractivity contribution in [1.82, 2.24) is 16.2 Å². The lowest BCUT2D eigenvalue weighted by Crippen LogP contribution is -2.52. The van der Waals surface area contributed by atoms with E-state index in [9.17, 15) is 24.5 Å². The summed E-state index contributed by atoms with van der Waals surface area (Å²) < 4.78 is 10.4. The molecule has 0 radical (unpaired) electrons. The summed E-state index contributed by atoms with van der Waals surface area (Å²) in [5, 5.41) is 13.5. The van der Waals surface area contributed by atoms with Crippen molar-refractivity contribution in [1.29, 1.82) is 0 Å². The molecular weight excluding hydrogens is 440 g/mol. The minimum Gasteiger partial charge on any atom is -0.454 e. The van der Waals surface area contributed by atoms with E-state index in [1.807, 2.05) is 6.26 Å². The van der Waals surface area contributed by atoms with Gasteiger partial charge in [0.25, 0.3) is 23.4 Å². The average molecular weight is 460 g/mol. The molecule has 11 nitrogen and oxygen atoms in total. The topological polar surface area (TPSA) is 149 Å². The number of hydrogen-bond acceptors (Lipinski definition) is 8. The number of nitro benzene ring substituents is 1. The lowest BCUT2D eigenvalue weighted by atomic mass is 10.1. The van der Waals surface area contributed by atoms with E-state index in [4.69, 9.17) is 9.47 Å². The number of carbonyl (C=O) groups excluding carboxylic acids is 3. The standard InChI is InChI=1S/C20H20N4O7S/c1-32-8-7-15(21-18(25)12-3-2-4-14(9-12)24(28)29)20(27)23-22-19(26)13-5-6-16-17(10-13)31-11-30-16/h2-6,9-10,15H,7-8,11H2,1H3,(H,21,25)(H,22,26)(H,23,27). The highest BCUT2D eigenvalue weighted by Gasteiger charge is 2.23. The number of ether oxygens (including phenoxy) is 2. The number of thioether (sulfide) groups is 1. The number of hydrogen-bond donors (Lipinski definition) is 3. The zero-order valence-electron chi connectivity index (χ0n) is 17.0. The van der Waals surface area contributed by atoms with E-state index in [0.29, 0.717) is 17.3 Å². The van der Waals surface area contributed by atoms with E-state index < -0.39 is 28.7 Å². The van der Waals surface area contributed by atoms with Gasteiger partial charge in [-0.05, 0) is 42.7 Å². The molecular formula is C20H20N4O7S. The molecule has 168 valence electrons. The third-order valence-corrected chi connectivity index (χ3v) is 5.13. The number of carbonyl (C=O) groups is 3. The summed E-state index contributed by atoms with van der Waals surface area (Å²) in [5.41, 5.74) is 4.66. The number of rotatable bonds is 8. The Morgan fingerprint density at radius 1 is 1.06 bits per heavy atom. The number of non-ortho nitro benzene ring substituents is 1. The van der Waals surface area contributed by atoms with Gasteiger partial charge in [0.2, 0.25) is 6.79 Å². The molecule has 1 unspecified atom stereocenters. The Morgan fingerprint density at radius 2 is 1.81 bits per heavy atom. The van der Waals surface area contributed by atoms with Crippen molar-refractivity contribution in [2.75, 3.05) is 18.8 Å². The van der Waals surface area contributed by atoms with Crippen molar-refractivity contribution in [2.24, 2.45) is 0 Å². The second-order valence-corrected chi connectivity index (χ2v) is 7.61. The maximum atomic E-state index is 12.6. The summed E-state index contributed by atoms with van der Waals surface area (Å²) in [7, 11) is 0. The Morgan fingerprint density at radius 3 is 2.56 bits per heavy atom. The molecule has 0 bridgehead atoms. The molecule has 1 aliphatic rings. The van der Waals surface area contributed by atoms with Crippen LogP contribution in [0.15, 0.2) is 42.5 Å². The average Bonchev–Trinajstić information content (AvgIpc) is 3.27. The molecule has 32 heavy (non-hydrogen) atoms. The van der Waals surface area contributed by atoms with Crippen LogP contribution in [0.2, 0.25) is 0 Å². The van der Waals surface area contributed by atoms with Crippen molar-refractivity contribution in [3.63, 3.8) is 0 Å². The van der Waals surface area contributed by atoms with Crippen LogP contribution in [0.1, 0.15) is 27.1 Å². The molecule has 0 fully saturated rings. The third-order valence-electron chi connectivity index (χ3n) is 4.49. The molecule has 2 aromatic carbocycles. The van der Waals surface area contributed by atoms with Crippen LogP contribution < -0.4 is 25.6 Å². The normalized spacial score (nSPS) is 12.5. The Hall–Kier alpha value is -3.80. The molecule has 1 atom stereocenters. The van der Waals surface area contributed by atoms with E-state index in [1.54, 1.807) is 6.07 Å².